The molecule has 33 heavy (non-hydrogen) atoms. The molecule has 1 heterocycles. The first kappa shape index (κ1) is 26.9. The van der Waals surface area contributed by atoms with Crippen molar-refractivity contribution >= 4 is 34.3 Å². The van der Waals surface area contributed by atoms with E-state index in [-0.39, 0.29) is 30.5 Å². The fourth-order valence-electron chi connectivity index (χ4n) is 3.28. The molecule has 1 aliphatic carbocycles. The molecule has 0 aromatic carbocycles. The minimum Gasteiger partial charge on any atom is -0.481 e. The lowest BCUT2D eigenvalue weighted by atomic mass is 9.93. The van der Waals surface area contributed by atoms with Gasteiger partial charge < -0.3 is 15.3 Å². The first-order valence-corrected chi connectivity index (χ1v) is 12.4. The first-order valence-electron chi connectivity index (χ1n) is 10.5. The van der Waals surface area contributed by atoms with E-state index in [1.54, 1.807) is 12.2 Å². The summed E-state index contributed by atoms with van der Waals surface area (Å²) in [6, 6.07) is 0. The number of carboxylic acid groups (broad SMARTS) is 1. The van der Waals surface area contributed by atoms with Crippen molar-refractivity contribution in [3.63, 3.8) is 0 Å². The van der Waals surface area contributed by atoms with Crippen LogP contribution in [-0.2, 0) is 4.79 Å². The number of carboxylic acids is 1. The Morgan fingerprint density at radius 2 is 1.91 bits per heavy atom. The number of carbonyl (C=O) groups is 1. The number of hydrogen-bond acceptors (Lipinski definition) is 8. The van der Waals surface area contributed by atoms with Gasteiger partial charge in [-0.15, -0.1) is 10.8 Å². The van der Waals surface area contributed by atoms with Gasteiger partial charge in [0.05, 0.1) is 30.0 Å². The van der Waals surface area contributed by atoms with Crippen molar-refractivity contribution in [3.8, 4) is 0 Å². The van der Waals surface area contributed by atoms with Gasteiger partial charge in [0.1, 0.15) is 5.83 Å². The highest BCUT2D eigenvalue weighted by Gasteiger charge is 2.24. The van der Waals surface area contributed by atoms with Crippen LogP contribution in [0.4, 0.5) is 10.3 Å². The molecule has 0 aliphatic heterocycles. The molecule has 1 aromatic rings. The number of halogens is 1. The molecule has 0 spiro atoms. The summed E-state index contributed by atoms with van der Waals surface area (Å²) in [6.07, 6.45) is 4.88. The molecule has 0 bridgehead atoms. The van der Waals surface area contributed by atoms with E-state index in [0.717, 1.165) is 5.57 Å². The van der Waals surface area contributed by atoms with Gasteiger partial charge >= 0.3 is 5.97 Å². The summed E-state index contributed by atoms with van der Waals surface area (Å²) in [4.78, 5) is 19.8. The minimum atomic E-state index is -3.13. The number of hydrogen-bond donors (Lipinski definition) is 5. The number of aliphatic hydroxyl groups is 2. The summed E-state index contributed by atoms with van der Waals surface area (Å²) in [5.74, 6) is -1.43. The van der Waals surface area contributed by atoms with Crippen LogP contribution in [0, 0.1) is 0 Å². The average molecular weight is 486 g/mol. The average Bonchev–Trinajstić information content (AvgIpc) is 2.70. The maximum absolute atomic E-state index is 13.6. The van der Waals surface area contributed by atoms with Gasteiger partial charge in [-0.3, -0.25) is 13.9 Å². The number of nitrogens with zero attached hydrogens (tertiary/aromatic N) is 3. The third-order valence-electron chi connectivity index (χ3n) is 5.12. The van der Waals surface area contributed by atoms with Crippen LogP contribution >= 0.6 is 10.8 Å². The van der Waals surface area contributed by atoms with Crippen molar-refractivity contribution in [2.75, 3.05) is 17.6 Å². The third-order valence-corrected chi connectivity index (χ3v) is 6.32. The standard InChI is InChI=1S/C22H32FN3O6S/c1-13(2)20-18(10-9-16(27)11-17(28)12-19(29)30)21(14-5-7-15(23)8-6-14)25-22(24-20)26(3)33(4,31)32/h5,7,9-10,13,16-17,27-28,31-32H,6,8,11-12H2,1-4H3,(H,29,30)/t16-,17-/m1/s1. The highest BCUT2D eigenvalue weighted by atomic mass is 32.3. The molecule has 0 saturated heterocycles. The van der Waals surface area contributed by atoms with E-state index >= 15 is 0 Å². The Hall–Kier alpha value is -2.31. The summed E-state index contributed by atoms with van der Waals surface area (Å²) in [7, 11) is -1.66. The normalized spacial score (nSPS) is 17.0. The summed E-state index contributed by atoms with van der Waals surface area (Å²) in [5.41, 5.74) is 2.35. The van der Waals surface area contributed by atoms with Gasteiger partial charge in [-0.1, -0.05) is 32.1 Å². The number of rotatable bonds is 10. The molecule has 2 rings (SSSR count). The molecule has 0 fully saturated rings. The molecule has 9 nitrogen and oxygen atoms in total. The summed E-state index contributed by atoms with van der Waals surface area (Å²) < 4.78 is 35.0. The second-order valence-corrected chi connectivity index (χ2v) is 10.5. The molecule has 1 aromatic heterocycles. The maximum atomic E-state index is 13.6. The lowest BCUT2D eigenvalue weighted by Gasteiger charge is -2.37. The van der Waals surface area contributed by atoms with Crippen LogP contribution in [0.3, 0.4) is 0 Å². The Morgan fingerprint density at radius 3 is 2.42 bits per heavy atom. The lowest BCUT2D eigenvalue weighted by Crippen LogP contribution is -2.25. The van der Waals surface area contributed by atoms with Gasteiger partial charge in [0, 0.05) is 31.7 Å². The predicted molar refractivity (Wildman–Crippen MR) is 128 cm³/mol. The van der Waals surface area contributed by atoms with Crippen molar-refractivity contribution in [2.24, 2.45) is 0 Å². The van der Waals surface area contributed by atoms with Crippen LogP contribution in [-0.4, -0.2) is 65.9 Å². The second kappa shape index (κ2) is 11.2. The van der Waals surface area contributed by atoms with E-state index in [0.29, 0.717) is 23.4 Å². The van der Waals surface area contributed by atoms with E-state index < -0.39 is 35.4 Å². The van der Waals surface area contributed by atoms with Crippen molar-refractivity contribution in [1.82, 2.24) is 9.97 Å². The van der Waals surface area contributed by atoms with E-state index in [9.17, 15) is 28.5 Å². The zero-order chi connectivity index (χ0) is 24.9. The fourth-order valence-corrected chi connectivity index (χ4v) is 3.67. The van der Waals surface area contributed by atoms with Gasteiger partial charge in [-0.25, -0.2) is 18.7 Å². The number of aliphatic carboxylic acids is 1. The first-order chi connectivity index (χ1) is 15.3. The van der Waals surface area contributed by atoms with E-state index in [2.05, 4.69) is 9.97 Å². The monoisotopic (exact) mass is 485 g/mol. The number of allylic oxidation sites excluding steroid dienone is 4. The molecule has 0 radical (unpaired) electrons. The molecule has 0 unspecified atom stereocenters. The van der Waals surface area contributed by atoms with Crippen LogP contribution in [0.5, 0.6) is 0 Å². The molecular weight excluding hydrogens is 453 g/mol. The van der Waals surface area contributed by atoms with Crippen molar-refractivity contribution in [1.29, 1.82) is 0 Å². The minimum absolute atomic E-state index is 0.0988. The topological polar surface area (TPSA) is 147 Å². The van der Waals surface area contributed by atoms with Gasteiger partial charge in [-0.05, 0) is 24.0 Å². The van der Waals surface area contributed by atoms with E-state index in [4.69, 9.17) is 5.11 Å². The van der Waals surface area contributed by atoms with Gasteiger partial charge in [0.15, 0.2) is 0 Å². The molecule has 0 amide bonds. The molecule has 11 heteroatoms. The highest BCUT2D eigenvalue weighted by Crippen LogP contribution is 2.41. The van der Waals surface area contributed by atoms with Gasteiger partial charge in [-0.2, -0.15) is 0 Å². The molecule has 1 aliphatic rings. The third kappa shape index (κ3) is 7.61. The van der Waals surface area contributed by atoms with E-state index in [1.165, 1.54) is 29.8 Å². The van der Waals surface area contributed by atoms with Gasteiger partial charge in [0.25, 0.3) is 0 Å². The largest absolute Gasteiger partial charge is 0.481 e. The van der Waals surface area contributed by atoms with Crippen LogP contribution in [0.1, 0.15) is 62.4 Å². The number of aromatic nitrogens is 2. The van der Waals surface area contributed by atoms with Crippen molar-refractivity contribution in [3.05, 3.63) is 41.0 Å². The Morgan fingerprint density at radius 1 is 1.24 bits per heavy atom. The molecule has 5 N–H and O–H groups in total. The van der Waals surface area contributed by atoms with Crippen molar-refractivity contribution < 1.29 is 33.6 Å². The van der Waals surface area contributed by atoms with Crippen LogP contribution in [0.25, 0.3) is 11.6 Å². The van der Waals surface area contributed by atoms with Crippen LogP contribution < -0.4 is 4.31 Å². The zero-order valence-electron chi connectivity index (χ0n) is 19.1. The van der Waals surface area contributed by atoms with Crippen LogP contribution in [0.15, 0.2) is 24.1 Å². The number of aliphatic hydroxyl groups excluding tert-OH is 2. The Kier molecular flexibility index (Phi) is 9.15. The lowest BCUT2D eigenvalue weighted by molar-refractivity contribution is -0.139. The molecule has 184 valence electrons. The summed E-state index contributed by atoms with van der Waals surface area (Å²) in [6.45, 7) is 3.80. The fraction of sp³-hybridized carbons (Fsp3) is 0.500. The van der Waals surface area contributed by atoms with Gasteiger partial charge in [0.2, 0.25) is 5.95 Å². The summed E-state index contributed by atoms with van der Waals surface area (Å²) in [5, 5.41) is 28.8. The Bertz CT molecular complexity index is 958. The summed E-state index contributed by atoms with van der Waals surface area (Å²) >= 11 is 0. The second-order valence-electron chi connectivity index (χ2n) is 8.34. The number of anilines is 1. The Balaban J connectivity index is 2.56. The van der Waals surface area contributed by atoms with Crippen molar-refractivity contribution in [2.45, 2.75) is 57.7 Å². The molecule has 0 saturated carbocycles. The zero-order valence-corrected chi connectivity index (χ0v) is 20.0. The maximum Gasteiger partial charge on any atom is 0.305 e. The smallest absolute Gasteiger partial charge is 0.305 e. The highest BCUT2D eigenvalue weighted by molar-refractivity contribution is 8.24. The Labute approximate surface area is 194 Å². The predicted octanol–water partition coefficient (Wildman–Crippen LogP) is 3.96. The molecular formula is C22H32FN3O6S. The SMILES string of the molecule is CC(C)c1nc(N(C)S(C)(O)O)nc(C2=CC=C(F)CC2)c1C=C[C@@H](O)C[C@@H](O)CC(=O)O. The van der Waals surface area contributed by atoms with E-state index in [1.807, 2.05) is 13.8 Å². The quantitative estimate of drug-likeness (QED) is 0.332. The molecule has 2 atom stereocenters. The van der Waals surface area contributed by atoms with Crippen LogP contribution in [0.2, 0.25) is 0 Å².